The van der Waals surface area contributed by atoms with Crippen molar-refractivity contribution in [1.82, 2.24) is 25.1 Å². The molecule has 0 radical (unpaired) electrons. The zero-order valence-corrected chi connectivity index (χ0v) is 17.9. The number of nitrogens with zero attached hydrogens (tertiary/aromatic N) is 4. The fourth-order valence-corrected chi connectivity index (χ4v) is 3.54. The van der Waals surface area contributed by atoms with E-state index in [1.165, 1.54) is 18.6 Å². The standard InChI is InChI=1S/C23H24N6O4/c30-21(16-28-9-11-29(12-10-28)23(32)20-15-24-7-8-25-20)27-19-6-2-1-5-18(19)22(31)26-14-17-4-3-13-33-17/h1-8,13,15H,9-12,14,16H2,(H,26,31)(H,27,30). The molecule has 0 unspecified atom stereocenters. The van der Waals surface area contributed by atoms with Crippen molar-refractivity contribution in [2.75, 3.05) is 38.0 Å². The molecule has 3 amide bonds. The summed E-state index contributed by atoms with van der Waals surface area (Å²) in [5.74, 6) is -0.0584. The maximum Gasteiger partial charge on any atom is 0.274 e. The summed E-state index contributed by atoms with van der Waals surface area (Å²) in [6, 6.07) is 10.4. The van der Waals surface area contributed by atoms with E-state index in [9.17, 15) is 14.4 Å². The number of hydrogen-bond acceptors (Lipinski definition) is 7. The van der Waals surface area contributed by atoms with Gasteiger partial charge in [0.15, 0.2) is 0 Å². The van der Waals surface area contributed by atoms with Crippen LogP contribution in [0.2, 0.25) is 0 Å². The van der Waals surface area contributed by atoms with Crippen LogP contribution in [-0.4, -0.2) is 70.2 Å². The Morgan fingerprint density at radius 2 is 1.82 bits per heavy atom. The predicted molar refractivity (Wildman–Crippen MR) is 119 cm³/mol. The number of carbonyl (C=O) groups is 3. The molecule has 1 fully saturated rings. The average Bonchev–Trinajstić information content (AvgIpc) is 3.37. The van der Waals surface area contributed by atoms with E-state index in [0.717, 1.165) is 0 Å². The van der Waals surface area contributed by atoms with E-state index in [-0.39, 0.29) is 30.8 Å². The van der Waals surface area contributed by atoms with E-state index < -0.39 is 0 Å². The maximum atomic E-state index is 12.6. The number of amides is 3. The lowest BCUT2D eigenvalue weighted by atomic mass is 10.1. The number of nitrogens with one attached hydrogen (secondary N) is 2. The van der Waals surface area contributed by atoms with Gasteiger partial charge in [-0.1, -0.05) is 12.1 Å². The third-order valence-corrected chi connectivity index (χ3v) is 5.26. The second-order valence-corrected chi connectivity index (χ2v) is 7.51. The van der Waals surface area contributed by atoms with Gasteiger partial charge in [0.1, 0.15) is 11.5 Å². The summed E-state index contributed by atoms with van der Waals surface area (Å²) in [5, 5.41) is 5.61. The van der Waals surface area contributed by atoms with Crippen LogP contribution in [0.25, 0.3) is 0 Å². The van der Waals surface area contributed by atoms with E-state index in [4.69, 9.17) is 4.42 Å². The molecule has 2 aromatic heterocycles. The van der Waals surface area contributed by atoms with Gasteiger partial charge >= 0.3 is 0 Å². The number of hydrogen-bond donors (Lipinski definition) is 2. The summed E-state index contributed by atoms with van der Waals surface area (Å²) < 4.78 is 5.23. The molecule has 10 nitrogen and oxygen atoms in total. The number of piperazine rings is 1. The number of para-hydroxylation sites is 1. The summed E-state index contributed by atoms with van der Waals surface area (Å²) >= 11 is 0. The summed E-state index contributed by atoms with van der Waals surface area (Å²) in [6.07, 6.45) is 6.00. The van der Waals surface area contributed by atoms with Gasteiger partial charge in [0, 0.05) is 38.6 Å². The monoisotopic (exact) mass is 448 g/mol. The number of furan rings is 1. The fraction of sp³-hybridized carbons (Fsp3) is 0.261. The highest BCUT2D eigenvalue weighted by molar-refractivity contribution is 6.04. The van der Waals surface area contributed by atoms with Crippen LogP contribution in [0.15, 0.2) is 65.7 Å². The van der Waals surface area contributed by atoms with Gasteiger partial charge in [0.25, 0.3) is 11.8 Å². The van der Waals surface area contributed by atoms with Crippen molar-refractivity contribution in [1.29, 1.82) is 0 Å². The van der Waals surface area contributed by atoms with Gasteiger partial charge in [0.05, 0.1) is 36.8 Å². The Kier molecular flexibility index (Phi) is 7.06. The molecule has 1 aliphatic heterocycles. The number of anilines is 1. The lowest BCUT2D eigenvalue weighted by Gasteiger charge is -2.34. The number of aromatic nitrogens is 2. The molecule has 3 aromatic rings. The minimum absolute atomic E-state index is 0.162. The summed E-state index contributed by atoms with van der Waals surface area (Å²) in [5.41, 5.74) is 1.12. The highest BCUT2D eigenvalue weighted by Crippen LogP contribution is 2.16. The molecule has 0 atom stereocenters. The van der Waals surface area contributed by atoms with Gasteiger partial charge in [-0.05, 0) is 24.3 Å². The second kappa shape index (κ2) is 10.5. The molecule has 170 valence electrons. The zero-order valence-electron chi connectivity index (χ0n) is 17.9. The molecule has 1 aliphatic rings. The Balaban J connectivity index is 1.28. The van der Waals surface area contributed by atoms with Gasteiger partial charge in [-0.25, -0.2) is 4.98 Å². The van der Waals surface area contributed by atoms with Crippen LogP contribution in [0.1, 0.15) is 26.6 Å². The van der Waals surface area contributed by atoms with Crippen LogP contribution >= 0.6 is 0 Å². The Morgan fingerprint density at radius 3 is 2.55 bits per heavy atom. The number of rotatable bonds is 7. The summed E-state index contributed by atoms with van der Waals surface area (Å²) in [7, 11) is 0. The summed E-state index contributed by atoms with van der Waals surface area (Å²) in [4.78, 5) is 49.4. The molecule has 0 aliphatic carbocycles. The molecule has 1 aromatic carbocycles. The molecular formula is C23H24N6O4. The normalized spacial score (nSPS) is 14.0. The first-order chi connectivity index (χ1) is 16.1. The van der Waals surface area contributed by atoms with Crippen molar-refractivity contribution in [2.24, 2.45) is 0 Å². The molecule has 2 N–H and O–H groups in total. The van der Waals surface area contributed by atoms with Gasteiger partial charge in [-0.3, -0.25) is 24.3 Å². The largest absolute Gasteiger partial charge is 0.467 e. The Labute approximate surface area is 190 Å². The summed E-state index contributed by atoms with van der Waals surface area (Å²) in [6.45, 7) is 2.53. The van der Waals surface area contributed by atoms with Crippen molar-refractivity contribution in [3.05, 3.63) is 78.3 Å². The fourth-order valence-electron chi connectivity index (χ4n) is 3.54. The molecule has 10 heteroatoms. The van der Waals surface area contributed by atoms with E-state index in [1.54, 1.807) is 47.6 Å². The smallest absolute Gasteiger partial charge is 0.274 e. The highest BCUT2D eigenvalue weighted by atomic mass is 16.3. The predicted octanol–water partition coefficient (Wildman–Crippen LogP) is 1.40. The average molecular weight is 448 g/mol. The second-order valence-electron chi connectivity index (χ2n) is 7.51. The van der Waals surface area contributed by atoms with Crippen molar-refractivity contribution >= 4 is 23.4 Å². The molecule has 4 rings (SSSR count). The Morgan fingerprint density at radius 1 is 1.00 bits per heavy atom. The van der Waals surface area contributed by atoms with Gasteiger partial charge in [0.2, 0.25) is 5.91 Å². The topological polar surface area (TPSA) is 121 Å². The first-order valence-corrected chi connectivity index (χ1v) is 10.6. The minimum atomic E-state index is -0.307. The lowest BCUT2D eigenvalue weighted by Crippen LogP contribution is -2.50. The van der Waals surface area contributed by atoms with Crippen molar-refractivity contribution in [3.63, 3.8) is 0 Å². The Hall–Kier alpha value is -4.05. The number of benzene rings is 1. The first-order valence-electron chi connectivity index (χ1n) is 10.6. The van der Waals surface area contributed by atoms with Crippen molar-refractivity contribution in [3.8, 4) is 0 Å². The Bertz CT molecular complexity index is 1100. The van der Waals surface area contributed by atoms with E-state index in [2.05, 4.69) is 20.6 Å². The molecule has 0 bridgehead atoms. The van der Waals surface area contributed by atoms with Gasteiger partial charge < -0.3 is 20.0 Å². The maximum absolute atomic E-state index is 12.6. The van der Waals surface area contributed by atoms with E-state index in [0.29, 0.717) is 48.9 Å². The first kappa shape index (κ1) is 22.2. The van der Waals surface area contributed by atoms with E-state index in [1.807, 2.05) is 4.90 Å². The van der Waals surface area contributed by atoms with Crippen LogP contribution in [0.5, 0.6) is 0 Å². The van der Waals surface area contributed by atoms with E-state index >= 15 is 0 Å². The van der Waals surface area contributed by atoms with Crippen LogP contribution in [0.4, 0.5) is 5.69 Å². The molecule has 1 saturated heterocycles. The van der Waals surface area contributed by atoms with Crippen molar-refractivity contribution in [2.45, 2.75) is 6.54 Å². The van der Waals surface area contributed by atoms with Crippen LogP contribution in [0, 0.1) is 0 Å². The molecule has 0 saturated carbocycles. The number of carbonyl (C=O) groups excluding carboxylic acids is 3. The van der Waals surface area contributed by atoms with Crippen molar-refractivity contribution < 1.29 is 18.8 Å². The van der Waals surface area contributed by atoms with Crippen LogP contribution < -0.4 is 10.6 Å². The molecule has 0 spiro atoms. The van der Waals surface area contributed by atoms with Crippen LogP contribution in [0.3, 0.4) is 0 Å². The quantitative estimate of drug-likeness (QED) is 0.560. The molecule has 3 heterocycles. The molecular weight excluding hydrogens is 424 g/mol. The minimum Gasteiger partial charge on any atom is -0.467 e. The SMILES string of the molecule is O=C(CN1CCN(C(=O)c2cnccn2)CC1)Nc1ccccc1C(=O)NCc1ccco1. The van der Waals surface area contributed by atoms with Gasteiger partial charge in [-0.15, -0.1) is 0 Å². The third kappa shape index (κ3) is 5.80. The van der Waals surface area contributed by atoms with Crippen LogP contribution in [-0.2, 0) is 11.3 Å². The molecule has 33 heavy (non-hydrogen) atoms. The highest BCUT2D eigenvalue weighted by Gasteiger charge is 2.24. The third-order valence-electron chi connectivity index (χ3n) is 5.26. The van der Waals surface area contributed by atoms with Gasteiger partial charge in [-0.2, -0.15) is 0 Å². The zero-order chi connectivity index (χ0) is 23.0. The lowest BCUT2D eigenvalue weighted by molar-refractivity contribution is -0.117.